The van der Waals surface area contributed by atoms with Crippen molar-refractivity contribution in [1.29, 1.82) is 5.26 Å². The van der Waals surface area contributed by atoms with E-state index in [1.807, 2.05) is 6.07 Å². The van der Waals surface area contributed by atoms with Gasteiger partial charge in [0.1, 0.15) is 11.9 Å². The SMILES string of the molecule is C=C(C)C(=O)Nc1ccc(-c2c(-c3ccc(Oc4nccc(C)n4)c(F)c3)c3c(N)ncc(C#N)c3n2C)c(F)c1F. The molecule has 0 saturated heterocycles. The van der Waals surface area contributed by atoms with Gasteiger partial charge in [-0.3, -0.25) is 4.79 Å². The van der Waals surface area contributed by atoms with Crippen LogP contribution in [0.4, 0.5) is 24.7 Å². The zero-order valence-electron chi connectivity index (χ0n) is 22.6. The molecule has 0 atom stereocenters. The Morgan fingerprint density at radius 2 is 1.90 bits per heavy atom. The molecule has 0 spiro atoms. The lowest BCUT2D eigenvalue weighted by molar-refractivity contribution is -0.112. The van der Waals surface area contributed by atoms with Gasteiger partial charge in [0.2, 0.25) is 0 Å². The van der Waals surface area contributed by atoms with Crippen LogP contribution < -0.4 is 15.8 Å². The molecule has 12 heteroatoms. The smallest absolute Gasteiger partial charge is 0.322 e. The summed E-state index contributed by atoms with van der Waals surface area (Å²) in [5.74, 6) is -4.28. The predicted molar refractivity (Wildman–Crippen MR) is 151 cm³/mol. The second-order valence-electron chi connectivity index (χ2n) is 9.43. The average Bonchev–Trinajstić information content (AvgIpc) is 3.26. The Morgan fingerprint density at radius 3 is 2.57 bits per heavy atom. The molecular formula is C30H22F3N7O2. The number of carbonyl (C=O) groups excluding carboxylic acids is 1. The maximum Gasteiger partial charge on any atom is 0.322 e. The van der Waals surface area contributed by atoms with Crippen molar-refractivity contribution in [3.63, 3.8) is 0 Å². The summed E-state index contributed by atoms with van der Waals surface area (Å²) < 4.78 is 53.4. The number of pyridine rings is 1. The number of hydrogen-bond donors (Lipinski definition) is 2. The number of anilines is 2. The van der Waals surface area contributed by atoms with E-state index in [0.29, 0.717) is 5.69 Å². The van der Waals surface area contributed by atoms with E-state index in [1.165, 1.54) is 48.1 Å². The number of amides is 1. The monoisotopic (exact) mass is 569 g/mol. The number of halogens is 3. The topological polar surface area (TPSA) is 132 Å². The minimum atomic E-state index is -1.32. The lowest BCUT2D eigenvalue weighted by Gasteiger charge is -2.14. The Morgan fingerprint density at radius 1 is 1.14 bits per heavy atom. The van der Waals surface area contributed by atoms with E-state index in [1.54, 1.807) is 20.0 Å². The fourth-order valence-electron chi connectivity index (χ4n) is 4.56. The van der Waals surface area contributed by atoms with Crippen molar-refractivity contribution in [2.75, 3.05) is 11.1 Å². The number of ether oxygens (including phenoxy) is 1. The Kier molecular flexibility index (Phi) is 7.10. The first-order valence-electron chi connectivity index (χ1n) is 12.4. The van der Waals surface area contributed by atoms with Crippen LogP contribution in [0.5, 0.6) is 11.8 Å². The third kappa shape index (κ3) is 4.77. The summed E-state index contributed by atoms with van der Waals surface area (Å²) in [4.78, 5) is 24.2. The molecule has 2 aromatic carbocycles. The molecule has 3 heterocycles. The summed E-state index contributed by atoms with van der Waals surface area (Å²) in [5, 5.41) is 12.3. The number of benzene rings is 2. The summed E-state index contributed by atoms with van der Waals surface area (Å²) in [6.07, 6.45) is 2.73. The van der Waals surface area contributed by atoms with Crippen molar-refractivity contribution >= 4 is 28.3 Å². The van der Waals surface area contributed by atoms with E-state index >= 15 is 13.2 Å². The second kappa shape index (κ2) is 10.7. The van der Waals surface area contributed by atoms with Crippen LogP contribution in [0.15, 0.2) is 60.9 Å². The highest BCUT2D eigenvalue weighted by Gasteiger charge is 2.27. The maximum absolute atomic E-state index is 15.7. The second-order valence-corrected chi connectivity index (χ2v) is 9.43. The molecule has 0 saturated carbocycles. The van der Waals surface area contributed by atoms with Crippen LogP contribution in [0.25, 0.3) is 33.3 Å². The average molecular weight is 570 g/mol. The molecule has 0 radical (unpaired) electrons. The third-order valence-electron chi connectivity index (χ3n) is 6.53. The standard InChI is InChI=1S/C30H22F3N7O2/c1-14(2)29(41)39-20-7-6-18(24(32)25(20)33)27-22(23-26(40(27)4)17(12-34)13-37-28(23)35)16-5-8-21(19(31)11-16)42-30-36-10-9-15(3)38-30/h5-11,13H,1H2,2-4H3,(H2,35,37)(H,39,41). The molecule has 3 N–H and O–H groups in total. The molecule has 5 rings (SSSR count). The lowest BCUT2D eigenvalue weighted by Crippen LogP contribution is -2.14. The number of aromatic nitrogens is 4. The molecule has 210 valence electrons. The number of nitrogens with two attached hydrogens (primary N) is 1. The minimum Gasteiger partial charge on any atom is -0.421 e. The molecular weight excluding hydrogens is 547 g/mol. The Bertz CT molecular complexity index is 1980. The van der Waals surface area contributed by atoms with E-state index in [0.717, 1.165) is 6.07 Å². The molecule has 1 amide bonds. The number of aryl methyl sites for hydroxylation is 2. The summed E-state index contributed by atoms with van der Waals surface area (Å²) in [6, 6.07) is 10.1. The Balaban J connectivity index is 1.74. The molecule has 3 aromatic heterocycles. The van der Waals surface area contributed by atoms with Crippen molar-refractivity contribution in [2.45, 2.75) is 13.8 Å². The highest BCUT2D eigenvalue weighted by Crippen LogP contribution is 2.45. The van der Waals surface area contributed by atoms with Gasteiger partial charge in [0, 0.05) is 41.8 Å². The van der Waals surface area contributed by atoms with Gasteiger partial charge < -0.3 is 20.4 Å². The zero-order valence-corrected chi connectivity index (χ0v) is 22.6. The van der Waals surface area contributed by atoms with Crippen LogP contribution in [0.3, 0.4) is 0 Å². The van der Waals surface area contributed by atoms with E-state index in [4.69, 9.17) is 10.5 Å². The van der Waals surface area contributed by atoms with Gasteiger partial charge in [-0.25, -0.2) is 28.1 Å². The van der Waals surface area contributed by atoms with Crippen LogP contribution in [0, 0.1) is 35.7 Å². The molecule has 0 aliphatic rings. The predicted octanol–water partition coefficient (Wildman–Crippen LogP) is 6.18. The van der Waals surface area contributed by atoms with Crippen LogP contribution in [-0.2, 0) is 11.8 Å². The first-order chi connectivity index (χ1) is 20.0. The van der Waals surface area contributed by atoms with Crippen molar-refractivity contribution in [3.05, 3.63) is 89.7 Å². The van der Waals surface area contributed by atoms with Crippen molar-refractivity contribution in [3.8, 4) is 40.2 Å². The number of rotatable bonds is 6. The normalized spacial score (nSPS) is 10.9. The first kappa shape index (κ1) is 27.9. The van der Waals surface area contributed by atoms with Crippen LogP contribution >= 0.6 is 0 Å². The van der Waals surface area contributed by atoms with Crippen molar-refractivity contribution in [1.82, 2.24) is 19.5 Å². The Hall–Kier alpha value is -5.70. The number of nitrogens with zero attached hydrogens (tertiary/aromatic N) is 5. The first-order valence-corrected chi connectivity index (χ1v) is 12.4. The molecule has 0 aliphatic heterocycles. The Labute approximate surface area is 237 Å². The van der Waals surface area contributed by atoms with Gasteiger partial charge in [0.25, 0.3) is 5.91 Å². The number of hydrogen-bond acceptors (Lipinski definition) is 7. The molecule has 0 fully saturated rings. The fraction of sp³-hybridized carbons (Fsp3) is 0.100. The number of nitrogen functional groups attached to an aromatic ring is 1. The number of nitrogens with one attached hydrogen (secondary N) is 1. The van der Waals surface area contributed by atoms with Gasteiger partial charge in [0.05, 0.1) is 27.8 Å². The lowest BCUT2D eigenvalue weighted by atomic mass is 9.97. The van der Waals surface area contributed by atoms with Crippen molar-refractivity contribution < 1.29 is 22.7 Å². The van der Waals surface area contributed by atoms with Gasteiger partial charge in [0.15, 0.2) is 23.2 Å². The fourth-order valence-corrected chi connectivity index (χ4v) is 4.56. The van der Waals surface area contributed by atoms with Crippen LogP contribution in [0.1, 0.15) is 18.2 Å². The molecule has 0 bridgehead atoms. The van der Waals surface area contributed by atoms with Gasteiger partial charge in [-0.2, -0.15) is 5.26 Å². The molecule has 0 aliphatic carbocycles. The quantitative estimate of drug-likeness (QED) is 0.233. The van der Waals surface area contributed by atoms with E-state index in [2.05, 4.69) is 26.8 Å². The zero-order chi connectivity index (χ0) is 30.3. The summed E-state index contributed by atoms with van der Waals surface area (Å²) >= 11 is 0. The van der Waals surface area contributed by atoms with Gasteiger partial charge >= 0.3 is 6.01 Å². The summed E-state index contributed by atoms with van der Waals surface area (Å²) in [7, 11) is 1.54. The highest BCUT2D eigenvalue weighted by molar-refractivity contribution is 6.11. The molecule has 0 unspecified atom stereocenters. The van der Waals surface area contributed by atoms with E-state index in [9.17, 15) is 10.1 Å². The maximum atomic E-state index is 15.7. The number of fused-ring (bicyclic) bond motifs is 1. The van der Waals surface area contributed by atoms with E-state index < -0.39 is 29.0 Å². The van der Waals surface area contributed by atoms with Gasteiger partial charge in [-0.1, -0.05) is 12.6 Å². The third-order valence-corrected chi connectivity index (χ3v) is 6.53. The molecule has 9 nitrogen and oxygen atoms in total. The molecule has 42 heavy (non-hydrogen) atoms. The van der Waals surface area contributed by atoms with Crippen molar-refractivity contribution in [2.24, 2.45) is 7.05 Å². The highest BCUT2D eigenvalue weighted by atomic mass is 19.2. The largest absolute Gasteiger partial charge is 0.421 e. The van der Waals surface area contributed by atoms with E-state index in [-0.39, 0.29) is 62.0 Å². The summed E-state index contributed by atoms with van der Waals surface area (Å²) in [5.41, 5.74) is 7.23. The van der Waals surface area contributed by atoms with Crippen LogP contribution in [-0.4, -0.2) is 25.4 Å². The van der Waals surface area contributed by atoms with Gasteiger partial charge in [-0.15, -0.1) is 0 Å². The van der Waals surface area contributed by atoms with Crippen LogP contribution in [0.2, 0.25) is 0 Å². The summed E-state index contributed by atoms with van der Waals surface area (Å²) in [6.45, 7) is 6.65. The number of carbonyl (C=O) groups is 1. The van der Waals surface area contributed by atoms with Gasteiger partial charge in [-0.05, 0) is 49.7 Å². The number of nitriles is 1. The molecule has 5 aromatic rings. The minimum absolute atomic E-state index is 0.0130.